The predicted molar refractivity (Wildman–Crippen MR) is 69.0 cm³/mol. The van der Waals surface area contributed by atoms with E-state index in [0.717, 1.165) is 15.7 Å². The molecule has 78 valence electrons. The Kier molecular flexibility index (Phi) is 4.98. The lowest BCUT2D eigenvalue weighted by molar-refractivity contribution is 0.183. The third-order valence-electron chi connectivity index (χ3n) is 1.93. The van der Waals surface area contributed by atoms with Crippen LogP contribution in [0.25, 0.3) is 0 Å². The standard InChI is InChI=1S/C10H13ClINO/c1-2-8(14)6-13-10-4-3-7(12)5-9(10)11/h3-5,8,13-14H,2,6H2,1H3/t8-/m1/s1. The van der Waals surface area contributed by atoms with Gasteiger partial charge in [-0.15, -0.1) is 0 Å². The van der Waals surface area contributed by atoms with Crippen molar-refractivity contribution in [3.63, 3.8) is 0 Å². The predicted octanol–water partition coefficient (Wildman–Crippen LogP) is 3.13. The molecule has 0 aliphatic rings. The number of aliphatic hydroxyl groups is 1. The first-order valence-electron chi connectivity index (χ1n) is 4.50. The largest absolute Gasteiger partial charge is 0.391 e. The van der Waals surface area contributed by atoms with Crippen LogP contribution in [0.2, 0.25) is 5.02 Å². The Bertz CT molecular complexity index is 306. The Morgan fingerprint density at radius 3 is 2.86 bits per heavy atom. The van der Waals surface area contributed by atoms with Gasteiger partial charge in [0.25, 0.3) is 0 Å². The highest BCUT2D eigenvalue weighted by molar-refractivity contribution is 14.1. The van der Waals surface area contributed by atoms with Crippen molar-refractivity contribution in [2.24, 2.45) is 0 Å². The molecular weight excluding hydrogens is 312 g/mol. The van der Waals surface area contributed by atoms with Crippen LogP contribution >= 0.6 is 34.2 Å². The summed E-state index contributed by atoms with van der Waals surface area (Å²) in [4.78, 5) is 0. The van der Waals surface area contributed by atoms with E-state index in [2.05, 4.69) is 27.9 Å². The highest BCUT2D eigenvalue weighted by atomic mass is 127. The summed E-state index contributed by atoms with van der Waals surface area (Å²) in [6, 6.07) is 5.79. The monoisotopic (exact) mass is 325 g/mol. The van der Waals surface area contributed by atoms with Crippen LogP contribution in [0, 0.1) is 3.57 Å². The topological polar surface area (TPSA) is 32.3 Å². The fraction of sp³-hybridized carbons (Fsp3) is 0.400. The second-order valence-corrected chi connectivity index (χ2v) is 4.72. The van der Waals surface area contributed by atoms with Gasteiger partial charge in [0, 0.05) is 10.1 Å². The van der Waals surface area contributed by atoms with Crippen molar-refractivity contribution >= 4 is 39.9 Å². The first-order chi connectivity index (χ1) is 6.63. The number of halogens is 2. The van der Waals surface area contributed by atoms with Crippen LogP contribution in [0.5, 0.6) is 0 Å². The van der Waals surface area contributed by atoms with Gasteiger partial charge in [0.2, 0.25) is 0 Å². The minimum absolute atomic E-state index is 0.314. The molecule has 1 aromatic rings. The van der Waals surface area contributed by atoms with Gasteiger partial charge in [-0.1, -0.05) is 18.5 Å². The van der Waals surface area contributed by atoms with Crippen LogP contribution in [0.15, 0.2) is 18.2 Å². The maximum Gasteiger partial charge on any atom is 0.0709 e. The van der Waals surface area contributed by atoms with Crippen molar-refractivity contribution < 1.29 is 5.11 Å². The van der Waals surface area contributed by atoms with E-state index < -0.39 is 0 Å². The molecule has 0 fully saturated rings. The Morgan fingerprint density at radius 2 is 2.29 bits per heavy atom. The molecule has 4 heteroatoms. The van der Waals surface area contributed by atoms with Crippen LogP contribution in [0.3, 0.4) is 0 Å². The zero-order valence-electron chi connectivity index (χ0n) is 7.93. The molecule has 1 rings (SSSR count). The van der Waals surface area contributed by atoms with Gasteiger partial charge in [-0.05, 0) is 47.2 Å². The fourth-order valence-electron chi connectivity index (χ4n) is 1.00. The van der Waals surface area contributed by atoms with Gasteiger partial charge in [0.15, 0.2) is 0 Å². The van der Waals surface area contributed by atoms with E-state index in [1.165, 1.54) is 0 Å². The van der Waals surface area contributed by atoms with E-state index in [1.54, 1.807) is 0 Å². The average molecular weight is 326 g/mol. The van der Waals surface area contributed by atoms with Crippen molar-refractivity contribution in [3.8, 4) is 0 Å². The number of anilines is 1. The lowest BCUT2D eigenvalue weighted by Gasteiger charge is -2.11. The maximum absolute atomic E-state index is 9.36. The number of aliphatic hydroxyl groups excluding tert-OH is 1. The van der Waals surface area contributed by atoms with Gasteiger partial charge in [-0.3, -0.25) is 0 Å². The van der Waals surface area contributed by atoms with E-state index in [0.29, 0.717) is 11.6 Å². The molecule has 0 heterocycles. The summed E-state index contributed by atoms with van der Waals surface area (Å²) in [6.07, 6.45) is 0.431. The van der Waals surface area contributed by atoms with Crippen LogP contribution < -0.4 is 5.32 Å². The molecule has 0 spiro atoms. The van der Waals surface area contributed by atoms with Crippen molar-refractivity contribution in [2.75, 3.05) is 11.9 Å². The van der Waals surface area contributed by atoms with Crippen molar-refractivity contribution in [1.82, 2.24) is 0 Å². The zero-order chi connectivity index (χ0) is 10.6. The maximum atomic E-state index is 9.36. The van der Waals surface area contributed by atoms with Crippen LogP contribution in [0.4, 0.5) is 5.69 Å². The molecule has 14 heavy (non-hydrogen) atoms. The lowest BCUT2D eigenvalue weighted by Crippen LogP contribution is -2.18. The smallest absolute Gasteiger partial charge is 0.0709 e. The summed E-state index contributed by atoms with van der Waals surface area (Å²) < 4.78 is 1.11. The summed E-state index contributed by atoms with van der Waals surface area (Å²) in [6.45, 7) is 2.48. The SMILES string of the molecule is CC[C@@H](O)CNc1ccc(I)cc1Cl. The summed E-state index contributed by atoms with van der Waals surface area (Å²) in [5, 5.41) is 13.2. The molecule has 1 aromatic carbocycles. The normalized spacial score (nSPS) is 12.6. The second kappa shape index (κ2) is 5.78. The zero-order valence-corrected chi connectivity index (χ0v) is 10.8. The van der Waals surface area contributed by atoms with E-state index in [9.17, 15) is 5.11 Å². The molecule has 0 saturated carbocycles. The minimum atomic E-state index is -0.314. The van der Waals surface area contributed by atoms with E-state index in [4.69, 9.17) is 11.6 Å². The molecular formula is C10H13ClINO. The molecule has 0 radical (unpaired) electrons. The molecule has 0 bridgehead atoms. The van der Waals surface area contributed by atoms with Crippen molar-refractivity contribution in [1.29, 1.82) is 0 Å². The Morgan fingerprint density at radius 1 is 1.57 bits per heavy atom. The summed E-state index contributed by atoms with van der Waals surface area (Å²) in [7, 11) is 0. The molecule has 1 atom stereocenters. The molecule has 0 amide bonds. The number of nitrogens with one attached hydrogen (secondary N) is 1. The minimum Gasteiger partial charge on any atom is -0.391 e. The molecule has 0 unspecified atom stereocenters. The number of hydrogen-bond donors (Lipinski definition) is 2. The van der Waals surface area contributed by atoms with Crippen LogP contribution in [0.1, 0.15) is 13.3 Å². The Hall–Kier alpha value is -0.0000000000000000555. The highest BCUT2D eigenvalue weighted by Crippen LogP contribution is 2.23. The van der Waals surface area contributed by atoms with Crippen molar-refractivity contribution in [3.05, 3.63) is 26.8 Å². The average Bonchev–Trinajstić information content (AvgIpc) is 2.16. The van der Waals surface area contributed by atoms with Crippen LogP contribution in [-0.2, 0) is 0 Å². The van der Waals surface area contributed by atoms with E-state index in [1.807, 2.05) is 25.1 Å². The first kappa shape index (κ1) is 12.1. The molecule has 0 aliphatic heterocycles. The molecule has 0 aliphatic carbocycles. The van der Waals surface area contributed by atoms with Gasteiger partial charge >= 0.3 is 0 Å². The first-order valence-corrected chi connectivity index (χ1v) is 5.96. The Labute approximate surface area is 103 Å². The van der Waals surface area contributed by atoms with Gasteiger partial charge in [-0.25, -0.2) is 0 Å². The second-order valence-electron chi connectivity index (χ2n) is 3.07. The van der Waals surface area contributed by atoms with Crippen LogP contribution in [-0.4, -0.2) is 17.8 Å². The highest BCUT2D eigenvalue weighted by Gasteiger charge is 2.03. The number of hydrogen-bond acceptors (Lipinski definition) is 2. The summed E-state index contributed by atoms with van der Waals surface area (Å²) in [5.41, 5.74) is 0.875. The molecule has 2 N–H and O–H groups in total. The summed E-state index contributed by atoms with van der Waals surface area (Å²) in [5.74, 6) is 0. The number of benzene rings is 1. The summed E-state index contributed by atoms with van der Waals surface area (Å²) >= 11 is 8.22. The van der Waals surface area contributed by atoms with Gasteiger partial charge in [0.05, 0.1) is 16.8 Å². The van der Waals surface area contributed by atoms with E-state index in [-0.39, 0.29) is 6.10 Å². The molecule has 0 saturated heterocycles. The van der Waals surface area contributed by atoms with Gasteiger partial charge < -0.3 is 10.4 Å². The number of rotatable bonds is 4. The molecule has 0 aromatic heterocycles. The lowest BCUT2D eigenvalue weighted by atomic mass is 10.2. The fourth-order valence-corrected chi connectivity index (χ4v) is 1.93. The quantitative estimate of drug-likeness (QED) is 0.834. The van der Waals surface area contributed by atoms with Gasteiger partial charge in [-0.2, -0.15) is 0 Å². The third-order valence-corrected chi connectivity index (χ3v) is 2.91. The van der Waals surface area contributed by atoms with Gasteiger partial charge in [0.1, 0.15) is 0 Å². The van der Waals surface area contributed by atoms with E-state index >= 15 is 0 Å². The third kappa shape index (κ3) is 3.63. The Balaban J connectivity index is 2.59. The molecule has 2 nitrogen and oxygen atoms in total. The van der Waals surface area contributed by atoms with Crippen molar-refractivity contribution in [2.45, 2.75) is 19.4 Å².